The number of piperidine rings is 1. The average molecular weight is 480 g/mol. The van der Waals surface area contributed by atoms with Crippen LogP contribution in [0.4, 0.5) is 0 Å². The van der Waals surface area contributed by atoms with E-state index in [9.17, 15) is 4.79 Å². The molecule has 2 aliphatic heterocycles. The van der Waals surface area contributed by atoms with Gasteiger partial charge in [-0.05, 0) is 84.7 Å². The van der Waals surface area contributed by atoms with Crippen LogP contribution in [0.1, 0.15) is 66.4 Å². The van der Waals surface area contributed by atoms with E-state index in [1.54, 1.807) is 12.4 Å². The third-order valence-electron chi connectivity index (χ3n) is 8.94. The van der Waals surface area contributed by atoms with Gasteiger partial charge in [0.1, 0.15) is 0 Å². The van der Waals surface area contributed by atoms with Crippen LogP contribution in [-0.2, 0) is 17.6 Å². The molecule has 1 aromatic carbocycles. The quantitative estimate of drug-likeness (QED) is 0.536. The average Bonchev–Trinajstić information content (AvgIpc) is 3.67. The molecule has 3 fully saturated rings. The van der Waals surface area contributed by atoms with E-state index in [0.29, 0.717) is 23.8 Å². The van der Waals surface area contributed by atoms with Crippen molar-refractivity contribution in [2.75, 3.05) is 26.2 Å². The van der Waals surface area contributed by atoms with E-state index in [-0.39, 0.29) is 5.91 Å². The summed E-state index contributed by atoms with van der Waals surface area (Å²) in [4.78, 5) is 31.1. The largest absolute Gasteiger partial charge is 0.342 e. The van der Waals surface area contributed by atoms with Crippen molar-refractivity contribution in [2.24, 2.45) is 5.41 Å². The van der Waals surface area contributed by atoms with Gasteiger partial charge < -0.3 is 4.90 Å². The zero-order valence-corrected chi connectivity index (χ0v) is 20.8. The van der Waals surface area contributed by atoms with Crippen LogP contribution in [0.3, 0.4) is 0 Å². The molecule has 0 bridgehead atoms. The van der Waals surface area contributed by atoms with Crippen molar-refractivity contribution in [3.63, 3.8) is 0 Å². The normalized spacial score (nSPS) is 22.9. The van der Waals surface area contributed by atoms with Gasteiger partial charge in [-0.15, -0.1) is 0 Å². The summed E-state index contributed by atoms with van der Waals surface area (Å²) < 4.78 is 0. The van der Waals surface area contributed by atoms with Crippen molar-refractivity contribution in [1.82, 2.24) is 24.8 Å². The highest BCUT2D eigenvalue weighted by atomic mass is 16.2. The summed E-state index contributed by atoms with van der Waals surface area (Å²) in [6.45, 7) is 4.09. The fraction of sp³-hybridized carbons (Fsp3) is 0.467. The molecule has 0 radical (unpaired) electrons. The third-order valence-corrected chi connectivity index (χ3v) is 8.94. The maximum atomic E-state index is 12.9. The Balaban J connectivity index is 0.932. The lowest BCUT2D eigenvalue weighted by Gasteiger charge is -2.56. The minimum atomic E-state index is 0.232. The lowest BCUT2D eigenvalue weighted by Crippen LogP contribution is -2.61. The summed E-state index contributed by atoms with van der Waals surface area (Å²) in [6.07, 6.45) is 13.1. The third kappa shape index (κ3) is 4.11. The number of carbonyl (C=O) groups excluding carboxylic acids is 1. The van der Waals surface area contributed by atoms with Gasteiger partial charge >= 0.3 is 0 Å². The highest BCUT2D eigenvalue weighted by molar-refractivity contribution is 5.78. The first-order valence-corrected chi connectivity index (χ1v) is 13.5. The lowest BCUT2D eigenvalue weighted by atomic mass is 9.71. The van der Waals surface area contributed by atoms with Crippen LogP contribution in [0.25, 0.3) is 11.4 Å². The van der Waals surface area contributed by atoms with Crippen molar-refractivity contribution >= 4 is 5.91 Å². The zero-order chi connectivity index (χ0) is 24.1. The molecular weight excluding hydrogens is 446 g/mol. The van der Waals surface area contributed by atoms with Crippen LogP contribution in [0, 0.1) is 5.41 Å². The Morgan fingerprint density at radius 1 is 0.972 bits per heavy atom. The predicted molar refractivity (Wildman–Crippen MR) is 138 cm³/mol. The number of hydrogen-bond donors (Lipinski definition) is 0. The Hall–Kier alpha value is -3.12. The van der Waals surface area contributed by atoms with Crippen LogP contribution in [0.15, 0.2) is 55.0 Å². The molecule has 1 spiro atoms. The number of nitrogens with zero attached hydrogens (tertiary/aromatic N) is 5. The molecule has 1 saturated carbocycles. The molecule has 1 atom stereocenters. The Morgan fingerprint density at radius 3 is 2.50 bits per heavy atom. The first-order chi connectivity index (χ1) is 17.7. The molecule has 36 heavy (non-hydrogen) atoms. The van der Waals surface area contributed by atoms with Crippen LogP contribution >= 0.6 is 0 Å². The van der Waals surface area contributed by atoms with Crippen molar-refractivity contribution in [3.8, 4) is 11.4 Å². The molecule has 1 unspecified atom stereocenters. The number of rotatable bonds is 5. The second-order valence-electron chi connectivity index (χ2n) is 11.4. The maximum Gasteiger partial charge on any atom is 0.228 e. The predicted octanol–water partition coefficient (Wildman–Crippen LogP) is 4.57. The fourth-order valence-electron chi connectivity index (χ4n) is 6.61. The Labute approximate surface area is 212 Å². The van der Waals surface area contributed by atoms with Crippen molar-refractivity contribution in [3.05, 3.63) is 77.4 Å². The van der Waals surface area contributed by atoms with Gasteiger partial charge in [0.25, 0.3) is 0 Å². The number of hydrogen-bond acceptors (Lipinski definition) is 5. The van der Waals surface area contributed by atoms with Crippen molar-refractivity contribution in [1.29, 1.82) is 0 Å². The second-order valence-corrected chi connectivity index (χ2v) is 11.4. The molecule has 7 rings (SSSR count). The minimum Gasteiger partial charge on any atom is -0.342 e. The first kappa shape index (κ1) is 22.1. The Kier molecular flexibility index (Phi) is 5.38. The summed E-state index contributed by atoms with van der Waals surface area (Å²) in [5.41, 5.74) is 6.67. The number of aromatic nitrogens is 3. The maximum absolute atomic E-state index is 12.9. The molecular formula is C30H33N5O. The molecule has 184 valence electrons. The molecule has 6 nitrogen and oxygen atoms in total. The number of aryl methyl sites for hydroxylation is 1. The smallest absolute Gasteiger partial charge is 0.228 e. The molecule has 6 heteroatoms. The number of pyridine rings is 1. The van der Waals surface area contributed by atoms with Crippen LogP contribution in [0.5, 0.6) is 0 Å². The molecule has 0 N–H and O–H groups in total. The molecule has 1 amide bonds. The fourth-order valence-corrected chi connectivity index (χ4v) is 6.61. The summed E-state index contributed by atoms with van der Waals surface area (Å²) in [5, 5.41) is 0. The molecule has 2 saturated heterocycles. The lowest BCUT2D eigenvalue weighted by molar-refractivity contribution is -0.136. The SMILES string of the molecule is O=C(Cc1ccc(C2CC2)cn1)N1CCC2(CC1)CN(C1CCc3cc(-c4ncccn4)ccc31)C2. The van der Waals surface area contributed by atoms with Gasteiger partial charge in [-0.1, -0.05) is 18.2 Å². The Morgan fingerprint density at radius 2 is 1.78 bits per heavy atom. The number of carbonyl (C=O) groups is 1. The monoisotopic (exact) mass is 479 g/mol. The van der Waals surface area contributed by atoms with Gasteiger partial charge in [0.05, 0.1) is 6.42 Å². The van der Waals surface area contributed by atoms with Gasteiger partial charge in [-0.3, -0.25) is 14.7 Å². The summed E-state index contributed by atoms with van der Waals surface area (Å²) in [5.74, 6) is 1.75. The first-order valence-electron chi connectivity index (χ1n) is 13.5. The van der Waals surface area contributed by atoms with E-state index in [2.05, 4.69) is 55.1 Å². The van der Waals surface area contributed by atoms with Gasteiger partial charge in [0, 0.05) is 62.1 Å². The van der Waals surface area contributed by atoms with Gasteiger partial charge in [-0.2, -0.15) is 0 Å². The van der Waals surface area contributed by atoms with E-state index in [1.165, 1.54) is 36.0 Å². The summed E-state index contributed by atoms with van der Waals surface area (Å²) in [7, 11) is 0. The topological polar surface area (TPSA) is 62.2 Å². The molecule has 4 heterocycles. The highest BCUT2D eigenvalue weighted by Crippen LogP contribution is 2.48. The van der Waals surface area contributed by atoms with Crippen LogP contribution < -0.4 is 0 Å². The van der Waals surface area contributed by atoms with E-state index >= 15 is 0 Å². The number of likely N-dealkylation sites (tertiary alicyclic amines) is 2. The van der Waals surface area contributed by atoms with Gasteiger partial charge in [0.2, 0.25) is 5.91 Å². The standard InChI is InChI=1S/C30H33N5O/c36-28(17-25-7-4-24(18-33-25)21-2-3-21)34-14-10-30(11-15-34)19-35(20-30)27-9-6-22-16-23(5-8-26(22)27)29-31-12-1-13-32-29/h1,4-5,7-8,12-13,16,18,21,27H,2-3,6,9-11,14-15,17,19-20H2. The van der Waals surface area contributed by atoms with E-state index < -0.39 is 0 Å². The minimum absolute atomic E-state index is 0.232. The summed E-state index contributed by atoms with van der Waals surface area (Å²) >= 11 is 0. The van der Waals surface area contributed by atoms with Crippen LogP contribution in [0.2, 0.25) is 0 Å². The van der Waals surface area contributed by atoms with Gasteiger partial charge in [-0.25, -0.2) is 9.97 Å². The van der Waals surface area contributed by atoms with Gasteiger partial charge in [0.15, 0.2) is 5.82 Å². The molecule has 4 aliphatic rings. The zero-order valence-electron chi connectivity index (χ0n) is 20.8. The van der Waals surface area contributed by atoms with E-state index in [0.717, 1.165) is 62.5 Å². The Bertz CT molecular complexity index is 1250. The second kappa shape index (κ2) is 8.77. The van der Waals surface area contributed by atoms with Crippen molar-refractivity contribution in [2.45, 2.75) is 56.9 Å². The number of fused-ring (bicyclic) bond motifs is 1. The van der Waals surface area contributed by atoms with Crippen molar-refractivity contribution < 1.29 is 4.79 Å². The van der Waals surface area contributed by atoms with E-state index in [1.807, 2.05) is 12.3 Å². The summed E-state index contributed by atoms with van der Waals surface area (Å²) in [6, 6.07) is 13.4. The number of benzene rings is 1. The highest BCUT2D eigenvalue weighted by Gasteiger charge is 2.48. The molecule has 2 aliphatic carbocycles. The number of amides is 1. The van der Waals surface area contributed by atoms with Crippen LogP contribution in [-0.4, -0.2) is 56.8 Å². The van der Waals surface area contributed by atoms with E-state index in [4.69, 9.17) is 0 Å². The molecule has 3 aromatic rings. The molecule has 2 aromatic heterocycles.